The molecule has 1 aliphatic heterocycles. The summed E-state index contributed by atoms with van der Waals surface area (Å²) in [7, 11) is -3.13. The van der Waals surface area contributed by atoms with Gasteiger partial charge in [-0.25, -0.2) is 13.1 Å². The zero-order chi connectivity index (χ0) is 21.1. The highest BCUT2D eigenvalue weighted by Gasteiger charge is 2.27. The lowest BCUT2D eigenvalue weighted by molar-refractivity contribution is -0.0250. The first-order chi connectivity index (χ1) is 13.9. The number of ether oxygens (including phenoxy) is 1. The first kappa shape index (κ1) is 27.1. The number of benzene rings is 1. The Morgan fingerprint density at radius 1 is 1.17 bits per heavy atom. The van der Waals surface area contributed by atoms with Gasteiger partial charge in [-0.3, -0.25) is 4.99 Å². The molecule has 0 bridgehead atoms. The van der Waals surface area contributed by atoms with Gasteiger partial charge in [-0.05, 0) is 45.6 Å². The summed E-state index contributed by atoms with van der Waals surface area (Å²) in [5.74, 6) is 1.22. The van der Waals surface area contributed by atoms with E-state index in [0.29, 0.717) is 32.0 Å². The van der Waals surface area contributed by atoms with Gasteiger partial charge in [0, 0.05) is 38.7 Å². The maximum atomic E-state index is 11.5. The molecule has 0 spiro atoms. The summed E-state index contributed by atoms with van der Waals surface area (Å²) < 4.78 is 31.6. The van der Waals surface area contributed by atoms with E-state index in [9.17, 15) is 8.42 Å². The molecular weight excluding hydrogens is 515 g/mol. The van der Waals surface area contributed by atoms with Crippen molar-refractivity contribution in [2.24, 2.45) is 10.9 Å². The molecule has 0 aliphatic carbocycles. The van der Waals surface area contributed by atoms with Crippen LogP contribution < -0.4 is 15.4 Å². The van der Waals surface area contributed by atoms with E-state index in [0.717, 1.165) is 32.0 Å². The monoisotopic (exact) mass is 552 g/mol. The molecule has 1 heterocycles. The van der Waals surface area contributed by atoms with Gasteiger partial charge in [0.2, 0.25) is 10.0 Å². The Morgan fingerprint density at radius 3 is 2.57 bits per heavy atom. The molecule has 1 saturated heterocycles. The van der Waals surface area contributed by atoms with Gasteiger partial charge >= 0.3 is 0 Å². The Morgan fingerprint density at radius 2 is 1.90 bits per heavy atom. The highest BCUT2D eigenvalue weighted by atomic mass is 127. The molecule has 0 aromatic heterocycles. The molecule has 1 aromatic carbocycles. The van der Waals surface area contributed by atoms with Crippen LogP contribution in [0, 0.1) is 12.8 Å². The summed E-state index contributed by atoms with van der Waals surface area (Å²) in [4.78, 5) is 4.77. The summed E-state index contributed by atoms with van der Waals surface area (Å²) in [5.41, 5.74) is 2.47. The predicted molar refractivity (Wildman–Crippen MR) is 134 cm³/mol. The van der Waals surface area contributed by atoms with Crippen molar-refractivity contribution in [3.05, 3.63) is 35.4 Å². The van der Waals surface area contributed by atoms with Gasteiger partial charge in [-0.1, -0.05) is 29.8 Å². The highest BCUT2D eigenvalue weighted by Crippen LogP contribution is 2.33. The molecule has 0 saturated carbocycles. The number of sulfonamides is 1. The van der Waals surface area contributed by atoms with Crippen LogP contribution in [0.25, 0.3) is 0 Å². The van der Waals surface area contributed by atoms with Gasteiger partial charge < -0.3 is 15.4 Å². The smallest absolute Gasteiger partial charge is 0.211 e. The van der Waals surface area contributed by atoms with Gasteiger partial charge in [0.25, 0.3) is 0 Å². The van der Waals surface area contributed by atoms with E-state index in [2.05, 4.69) is 46.5 Å². The molecule has 30 heavy (non-hydrogen) atoms. The first-order valence-corrected chi connectivity index (χ1v) is 12.3. The molecule has 0 radical (unpaired) electrons. The number of hydrogen-bond donors (Lipinski definition) is 3. The van der Waals surface area contributed by atoms with Crippen LogP contribution >= 0.6 is 24.0 Å². The lowest BCUT2D eigenvalue weighted by Gasteiger charge is -2.31. The van der Waals surface area contributed by atoms with Gasteiger partial charge in [-0.2, -0.15) is 0 Å². The average molecular weight is 553 g/mol. The largest absolute Gasteiger partial charge is 0.373 e. The zero-order valence-electron chi connectivity index (χ0n) is 18.3. The topological polar surface area (TPSA) is 91.8 Å². The lowest BCUT2D eigenvalue weighted by Crippen LogP contribution is -2.39. The average Bonchev–Trinajstić information content (AvgIpc) is 2.72. The third kappa shape index (κ3) is 9.49. The number of halogens is 1. The van der Waals surface area contributed by atoms with Gasteiger partial charge in [-0.15, -0.1) is 24.0 Å². The van der Waals surface area contributed by atoms with E-state index in [-0.39, 0.29) is 35.8 Å². The normalized spacial score (nSPS) is 19.8. The molecular formula is C21H37IN4O3S. The highest BCUT2D eigenvalue weighted by molar-refractivity contribution is 14.0. The summed E-state index contributed by atoms with van der Waals surface area (Å²) in [6.45, 7) is 9.10. The van der Waals surface area contributed by atoms with E-state index < -0.39 is 10.0 Å². The number of aryl methyl sites for hydroxylation is 1. The summed E-state index contributed by atoms with van der Waals surface area (Å²) in [5, 5.41) is 6.55. The van der Waals surface area contributed by atoms with Crippen LogP contribution in [0.3, 0.4) is 0 Å². The molecule has 9 heteroatoms. The number of nitrogens with one attached hydrogen (secondary N) is 3. The number of guanidine groups is 1. The maximum Gasteiger partial charge on any atom is 0.211 e. The number of hydrogen-bond acceptors (Lipinski definition) is 4. The summed E-state index contributed by atoms with van der Waals surface area (Å²) in [6.07, 6.45) is 2.94. The molecule has 3 N–H and O–H groups in total. The predicted octanol–water partition coefficient (Wildman–Crippen LogP) is 2.97. The van der Waals surface area contributed by atoms with Crippen molar-refractivity contribution in [2.45, 2.75) is 46.1 Å². The van der Waals surface area contributed by atoms with Crippen molar-refractivity contribution < 1.29 is 13.2 Å². The standard InChI is InChI=1S/C21H36N4O3S.HI/c1-4-22-21(23-13-7-14-25-29(26,27)5-2)24-16-19-8-6-15-28-20(19)18-11-9-17(3)10-12-18;/h9-12,19-20,25H,4-8,13-16H2,1-3H3,(H2,22,23,24);1H. The minimum Gasteiger partial charge on any atom is -0.373 e. The Balaban J connectivity index is 0.00000450. The van der Waals surface area contributed by atoms with Crippen molar-refractivity contribution >= 4 is 40.0 Å². The lowest BCUT2D eigenvalue weighted by atomic mass is 9.89. The van der Waals surface area contributed by atoms with Crippen LogP contribution in [0.2, 0.25) is 0 Å². The number of rotatable bonds is 10. The molecule has 1 aromatic rings. The van der Waals surface area contributed by atoms with Crippen LogP contribution in [0.15, 0.2) is 29.3 Å². The van der Waals surface area contributed by atoms with Gasteiger partial charge in [0.15, 0.2) is 5.96 Å². The fourth-order valence-electron chi connectivity index (χ4n) is 3.33. The number of nitrogens with zero attached hydrogens (tertiary/aromatic N) is 1. The van der Waals surface area contributed by atoms with E-state index >= 15 is 0 Å². The van der Waals surface area contributed by atoms with Crippen LogP contribution in [-0.2, 0) is 14.8 Å². The maximum absolute atomic E-state index is 11.5. The first-order valence-electron chi connectivity index (χ1n) is 10.6. The van der Waals surface area contributed by atoms with Crippen molar-refractivity contribution in [3.63, 3.8) is 0 Å². The van der Waals surface area contributed by atoms with E-state index in [1.807, 2.05) is 6.92 Å². The quantitative estimate of drug-likeness (QED) is 0.180. The van der Waals surface area contributed by atoms with Crippen LogP contribution in [0.5, 0.6) is 0 Å². The van der Waals surface area contributed by atoms with Crippen LogP contribution in [-0.4, -0.2) is 52.9 Å². The molecule has 0 amide bonds. The van der Waals surface area contributed by atoms with E-state index in [1.165, 1.54) is 11.1 Å². The zero-order valence-corrected chi connectivity index (χ0v) is 21.5. The molecule has 2 atom stereocenters. The Bertz CT molecular complexity index is 741. The molecule has 2 unspecified atom stereocenters. The van der Waals surface area contributed by atoms with Crippen molar-refractivity contribution in [1.82, 2.24) is 15.4 Å². The second kappa shape index (κ2) is 14.2. The van der Waals surface area contributed by atoms with Crippen molar-refractivity contribution in [3.8, 4) is 0 Å². The van der Waals surface area contributed by atoms with E-state index in [4.69, 9.17) is 9.73 Å². The molecule has 2 rings (SSSR count). The summed E-state index contributed by atoms with van der Waals surface area (Å²) in [6, 6.07) is 8.57. The van der Waals surface area contributed by atoms with Crippen molar-refractivity contribution in [2.75, 3.05) is 38.5 Å². The SMILES string of the molecule is CCNC(=NCC1CCCOC1c1ccc(C)cc1)NCCCNS(=O)(=O)CC.I. The van der Waals surface area contributed by atoms with Crippen LogP contribution in [0.4, 0.5) is 0 Å². The molecule has 1 fully saturated rings. The third-order valence-corrected chi connectivity index (χ3v) is 6.43. The Hall–Kier alpha value is -0.910. The van der Waals surface area contributed by atoms with Crippen molar-refractivity contribution in [1.29, 1.82) is 0 Å². The molecule has 1 aliphatic rings. The fraction of sp³-hybridized carbons (Fsp3) is 0.667. The summed E-state index contributed by atoms with van der Waals surface area (Å²) >= 11 is 0. The minimum atomic E-state index is -3.13. The number of aliphatic imine (C=N–C) groups is 1. The second-order valence-corrected chi connectivity index (χ2v) is 9.50. The molecule has 172 valence electrons. The third-order valence-electron chi connectivity index (χ3n) is 5.03. The van der Waals surface area contributed by atoms with Gasteiger partial charge in [0.1, 0.15) is 0 Å². The Labute approximate surface area is 198 Å². The second-order valence-electron chi connectivity index (χ2n) is 7.40. The molecule has 7 nitrogen and oxygen atoms in total. The fourth-order valence-corrected chi connectivity index (χ4v) is 3.99. The van der Waals surface area contributed by atoms with E-state index in [1.54, 1.807) is 6.92 Å². The van der Waals surface area contributed by atoms with Gasteiger partial charge in [0.05, 0.1) is 11.9 Å². The minimum absolute atomic E-state index is 0. The Kier molecular flexibility index (Phi) is 12.8. The van der Waals surface area contributed by atoms with Crippen LogP contribution in [0.1, 0.15) is 50.3 Å².